The van der Waals surface area contributed by atoms with Crippen molar-refractivity contribution < 1.29 is 15.0 Å². The van der Waals surface area contributed by atoms with E-state index in [1.165, 1.54) is 18.2 Å². The first-order valence-corrected chi connectivity index (χ1v) is 6.06. The molecule has 1 aromatic carbocycles. The van der Waals surface area contributed by atoms with Crippen LogP contribution in [0.3, 0.4) is 0 Å². The van der Waals surface area contributed by atoms with E-state index in [0.29, 0.717) is 12.4 Å². The number of phenolic OH excluding ortho intramolecular Hbond substituents is 2. The van der Waals surface area contributed by atoms with Gasteiger partial charge in [-0.2, -0.15) is 0 Å². The smallest absolute Gasteiger partial charge is 0.258 e. The molecule has 0 radical (unpaired) electrons. The third kappa shape index (κ3) is 2.64. The lowest BCUT2D eigenvalue weighted by molar-refractivity contribution is 0.0750. The van der Waals surface area contributed by atoms with Crippen molar-refractivity contribution in [2.75, 3.05) is 12.4 Å². The maximum absolute atomic E-state index is 12.2. The zero-order valence-corrected chi connectivity index (χ0v) is 10.0. The van der Waals surface area contributed by atoms with Crippen LogP contribution in [0.1, 0.15) is 23.2 Å². The quantitative estimate of drug-likeness (QED) is 0.639. The number of nitrogens with zero attached hydrogens (tertiary/aromatic N) is 1. The fraction of sp³-hybridized carbons (Fsp3) is 0.417. The van der Waals surface area contributed by atoms with E-state index in [-0.39, 0.29) is 29.0 Å². The number of rotatable bonds is 4. The zero-order chi connectivity index (χ0) is 12.4. The van der Waals surface area contributed by atoms with Gasteiger partial charge in [0.05, 0.1) is 5.56 Å². The highest BCUT2D eigenvalue weighted by Gasteiger charge is 2.33. The molecule has 1 amide bonds. The number of aromatic hydroxyl groups is 2. The summed E-state index contributed by atoms with van der Waals surface area (Å²) in [5.41, 5.74) is 0.127. The molecule has 0 saturated heterocycles. The van der Waals surface area contributed by atoms with Gasteiger partial charge in [-0.25, -0.2) is 0 Å². The summed E-state index contributed by atoms with van der Waals surface area (Å²) >= 11 is 5.66. The Labute approximate surface area is 104 Å². The molecule has 0 atom stereocenters. The maximum atomic E-state index is 12.2. The van der Waals surface area contributed by atoms with Crippen LogP contribution in [0.25, 0.3) is 0 Å². The zero-order valence-electron chi connectivity index (χ0n) is 9.27. The van der Waals surface area contributed by atoms with E-state index in [0.717, 1.165) is 12.8 Å². The Balaban J connectivity index is 2.24. The second-order valence-electron chi connectivity index (χ2n) is 4.12. The molecule has 1 aliphatic rings. The summed E-state index contributed by atoms with van der Waals surface area (Å²) in [4.78, 5) is 13.8. The topological polar surface area (TPSA) is 60.8 Å². The highest BCUT2D eigenvalue weighted by Crippen LogP contribution is 2.31. The molecular formula is C12H14ClNO3. The fourth-order valence-corrected chi connectivity index (χ4v) is 1.96. The molecule has 4 nitrogen and oxygen atoms in total. The average molecular weight is 256 g/mol. The van der Waals surface area contributed by atoms with E-state index in [4.69, 9.17) is 11.6 Å². The predicted octanol–water partition coefficient (Wildman–Crippen LogP) is 1.94. The lowest BCUT2D eigenvalue weighted by Gasteiger charge is -2.21. The normalized spacial score (nSPS) is 14.6. The fourth-order valence-electron chi connectivity index (χ4n) is 1.78. The molecule has 2 N–H and O–H groups in total. The van der Waals surface area contributed by atoms with Crippen LogP contribution in [-0.4, -0.2) is 39.5 Å². The van der Waals surface area contributed by atoms with Gasteiger partial charge in [0, 0.05) is 18.5 Å². The van der Waals surface area contributed by atoms with Crippen LogP contribution >= 0.6 is 11.6 Å². The lowest BCUT2D eigenvalue weighted by Crippen LogP contribution is -2.34. The first-order chi connectivity index (χ1) is 8.13. The maximum Gasteiger partial charge on any atom is 0.258 e. The van der Waals surface area contributed by atoms with Gasteiger partial charge < -0.3 is 15.1 Å². The van der Waals surface area contributed by atoms with Gasteiger partial charge in [0.25, 0.3) is 5.91 Å². The second kappa shape index (κ2) is 4.84. The van der Waals surface area contributed by atoms with E-state index in [9.17, 15) is 15.0 Å². The molecule has 0 unspecified atom stereocenters. The van der Waals surface area contributed by atoms with Crippen molar-refractivity contribution in [2.45, 2.75) is 18.9 Å². The predicted molar refractivity (Wildman–Crippen MR) is 64.6 cm³/mol. The molecular weight excluding hydrogens is 242 g/mol. The van der Waals surface area contributed by atoms with Gasteiger partial charge in [0.2, 0.25) is 0 Å². The number of benzene rings is 1. The number of carbonyl (C=O) groups is 1. The van der Waals surface area contributed by atoms with Crippen LogP contribution in [-0.2, 0) is 0 Å². The Morgan fingerprint density at radius 1 is 1.41 bits per heavy atom. The number of phenols is 2. The highest BCUT2D eigenvalue weighted by molar-refractivity contribution is 6.18. The Hall–Kier alpha value is -1.42. The summed E-state index contributed by atoms with van der Waals surface area (Å²) in [6.07, 6.45) is 1.95. The number of carbonyl (C=O) groups excluding carboxylic acids is 1. The summed E-state index contributed by atoms with van der Waals surface area (Å²) in [5, 5.41) is 19.0. The van der Waals surface area contributed by atoms with Crippen LogP contribution in [0, 0.1) is 0 Å². The summed E-state index contributed by atoms with van der Waals surface area (Å²) in [7, 11) is 0. The molecule has 0 aliphatic heterocycles. The summed E-state index contributed by atoms with van der Waals surface area (Å²) in [6.45, 7) is 0.458. The molecule has 1 fully saturated rings. The van der Waals surface area contributed by atoms with Crippen molar-refractivity contribution in [2.24, 2.45) is 0 Å². The monoisotopic (exact) mass is 255 g/mol. The SMILES string of the molecule is O=C(c1cc(O)ccc1O)N(CCCl)C1CC1. The Kier molecular flexibility index (Phi) is 3.43. The minimum absolute atomic E-state index is 0.0345. The Bertz CT molecular complexity index is 432. The third-order valence-electron chi connectivity index (χ3n) is 2.78. The van der Waals surface area contributed by atoms with Crippen molar-refractivity contribution >= 4 is 17.5 Å². The largest absolute Gasteiger partial charge is 0.508 e. The first-order valence-electron chi connectivity index (χ1n) is 5.52. The van der Waals surface area contributed by atoms with Gasteiger partial charge in [0.1, 0.15) is 11.5 Å². The van der Waals surface area contributed by atoms with Crippen LogP contribution in [0.2, 0.25) is 0 Å². The van der Waals surface area contributed by atoms with E-state index in [2.05, 4.69) is 0 Å². The van der Waals surface area contributed by atoms with E-state index in [1.807, 2.05) is 0 Å². The van der Waals surface area contributed by atoms with Crippen molar-refractivity contribution in [3.8, 4) is 11.5 Å². The second-order valence-corrected chi connectivity index (χ2v) is 4.50. The van der Waals surface area contributed by atoms with Gasteiger partial charge >= 0.3 is 0 Å². The summed E-state index contributed by atoms with van der Waals surface area (Å²) in [5.74, 6) is -0.0655. The number of hydrogen-bond donors (Lipinski definition) is 2. The molecule has 0 heterocycles. The van der Waals surface area contributed by atoms with Crippen LogP contribution in [0.5, 0.6) is 11.5 Å². The summed E-state index contributed by atoms with van der Waals surface area (Å²) < 4.78 is 0. The van der Waals surface area contributed by atoms with Crippen LogP contribution in [0.15, 0.2) is 18.2 Å². The average Bonchev–Trinajstić information content (AvgIpc) is 3.12. The van der Waals surface area contributed by atoms with Gasteiger partial charge in [0.15, 0.2) is 0 Å². The van der Waals surface area contributed by atoms with Gasteiger partial charge in [-0.05, 0) is 31.0 Å². The molecule has 5 heteroatoms. The molecule has 0 bridgehead atoms. The van der Waals surface area contributed by atoms with Crippen molar-refractivity contribution in [1.82, 2.24) is 4.90 Å². The molecule has 1 aromatic rings. The molecule has 0 aromatic heterocycles. The van der Waals surface area contributed by atoms with E-state index >= 15 is 0 Å². The minimum Gasteiger partial charge on any atom is -0.508 e. The highest BCUT2D eigenvalue weighted by atomic mass is 35.5. The van der Waals surface area contributed by atoms with Crippen LogP contribution < -0.4 is 0 Å². The van der Waals surface area contributed by atoms with Gasteiger partial charge in [-0.3, -0.25) is 4.79 Å². The molecule has 92 valence electrons. The number of alkyl halides is 1. The minimum atomic E-state index is -0.276. The van der Waals surface area contributed by atoms with Gasteiger partial charge in [-0.15, -0.1) is 11.6 Å². The molecule has 0 spiro atoms. The first kappa shape index (κ1) is 12.0. The van der Waals surface area contributed by atoms with Crippen molar-refractivity contribution in [3.05, 3.63) is 23.8 Å². The molecule has 17 heavy (non-hydrogen) atoms. The van der Waals surface area contributed by atoms with E-state index < -0.39 is 0 Å². The van der Waals surface area contributed by atoms with Crippen molar-refractivity contribution in [1.29, 1.82) is 0 Å². The van der Waals surface area contributed by atoms with E-state index in [1.54, 1.807) is 4.90 Å². The Morgan fingerprint density at radius 2 is 2.12 bits per heavy atom. The third-order valence-corrected chi connectivity index (χ3v) is 2.95. The molecule has 1 aliphatic carbocycles. The van der Waals surface area contributed by atoms with Gasteiger partial charge in [-0.1, -0.05) is 0 Å². The summed E-state index contributed by atoms with van der Waals surface area (Å²) in [6, 6.07) is 4.16. The number of amides is 1. The molecule has 1 saturated carbocycles. The lowest BCUT2D eigenvalue weighted by atomic mass is 10.1. The number of halogens is 1. The standard InChI is InChI=1S/C12H14ClNO3/c13-5-6-14(8-1-2-8)12(17)10-7-9(15)3-4-11(10)16/h3-4,7-8,15-16H,1-2,5-6H2. The molecule has 2 rings (SSSR count). The van der Waals surface area contributed by atoms with Crippen molar-refractivity contribution in [3.63, 3.8) is 0 Å². The Morgan fingerprint density at radius 3 is 2.71 bits per heavy atom. The number of hydrogen-bond acceptors (Lipinski definition) is 3. The van der Waals surface area contributed by atoms with Crippen LogP contribution in [0.4, 0.5) is 0 Å².